The van der Waals surface area contributed by atoms with Crippen molar-refractivity contribution < 1.29 is 9.13 Å². The van der Waals surface area contributed by atoms with Gasteiger partial charge >= 0.3 is 0 Å². The maximum atomic E-state index is 13.4. The zero-order valence-electron chi connectivity index (χ0n) is 11.5. The Labute approximate surface area is 123 Å². The summed E-state index contributed by atoms with van der Waals surface area (Å²) in [5, 5.41) is 3.81. The number of halogens is 2. The summed E-state index contributed by atoms with van der Waals surface area (Å²) in [6.45, 7) is 2.29. The third-order valence-electron chi connectivity index (χ3n) is 3.05. The fourth-order valence-corrected chi connectivity index (χ4v) is 2.15. The monoisotopic (exact) mass is 293 g/mol. The summed E-state index contributed by atoms with van der Waals surface area (Å²) in [6, 6.07) is 12.1. The van der Waals surface area contributed by atoms with E-state index in [-0.39, 0.29) is 11.9 Å². The Balaban J connectivity index is 2.07. The minimum Gasteiger partial charge on any atom is -0.492 e. The van der Waals surface area contributed by atoms with Crippen LogP contribution in [-0.2, 0) is 0 Å². The van der Waals surface area contributed by atoms with Crippen molar-refractivity contribution in [2.45, 2.75) is 13.0 Å². The first-order chi connectivity index (χ1) is 9.58. The highest BCUT2D eigenvalue weighted by molar-refractivity contribution is 6.30. The number of likely N-dealkylation sites (N-methyl/N-ethyl adjacent to an activating group) is 1. The molecule has 106 valence electrons. The average Bonchev–Trinajstić information content (AvgIpc) is 2.40. The van der Waals surface area contributed by atoms with Crippen molar-refractivity contribution in [1.29, 1.82) is 0 Å². The Morgan fingerprint density at radius 1 is 1.20 bits per heavy atom. The lowest BCUT2D eigenvalue weighted by molar-refractivity contribution is 0.273. The fourth-order valence-electron chi connectivity index (χ4n) is 2.02. The normalized spacial score (nSPS) is 12.2. The van der Waals surface area contributed by atoms with E-state index >= 15 is 0 Å². The molecule has 0 fully saturated rings. The Hall–Kier alpha value is -1.58. The van der Waals surface area contributed by atoms with Crippen molar-refractivity contribution in [2.24, 2.45) is 0 Å². The smallest absolute Gasteiger partial charge is 0.123 e. The first-order valence-electron chi connectivity index (χ1n) is 6.41. The molecule has 0 aromatic heterocycles. The van der Waals surface area contributed by atoms with E-state index in [1.54, 1.807) is 12.1 Å². The maximum Gasteiger partial charge on any atom is 0.123 e. The van der Waals surface area contributed by atoms with E-state index in [0.29, 0.717) is 11.6 Å². The molecule has 1 atom stereocenters. The van der Waals surface area contributed by atoms with E-state index in [4.69, 9.17) is 16.3 Å². The molecular formula is C16H17ClFNO. The summed E-state index contributed by atoms with van der Waals surface area (Å²) in [5.74, 6) is 0.509. The van der Waals surface area contributed by atoms with Gasteiger partial charge in [-0.3, -0.25) is 0 Å². The number of hydrogen-bond acceptors (Lipinski definition) is 2. The highest BCUT2D eigenvalue weighted by Crippen LogP contribution is 2.20. The van der Waals surface area contributed by atoms with Crippen LogP contribution in [0.4, 0.5) is 4.39 Å². The zero-order chi connectivity index (χ0) is 14.5. The zero-order valence-corrected chi connectivity index (χ0v) is 12.2. The van der Waals surface area contributed by atoms with Crippen LogP contribution < -0.4 is 10.1 Å². The van der Waals surface area contributed by atoms with Crippen LogP contribution in [0.5, 0.6) is 5.75 Å². The number of ether oxygens (including phenoxy) is 1. The summed E-state index contributed by atoms with van der Waals surface area (Å²) in [5.41, 5.74) is 1.77. The van der Waals surface area contributed by atoms with E-state index in [1.165, 1.54) is 12.1 Å². The van der Waals surface area contributed by atoms with Crippen molar-refractivity contribution in [3.05, 3.63) is 64.4 Å². The van der Waals surface area contributed by atoms with Gasteiger partial charge in [0, 0.05) is 5.02 Å². The summed E-state index contributed by atoms with van der Waals surface area (Å²) in [6.07, 6.45) is 0. The number of benzene rings is 2. The molecule has 0 aliphatic carbocycles. The molecule has 1 unspecified atom stereocenters. The van der Waals surface area contributed by atoms with Gasteiger partial charge in [0.2, 0.25) is 0 Å². The van der Waals surface area contributed by atoms with Gasteiger partial charge in [0.15, 0.2) is 0 Å². The van der Waals surface area contributed by atoms with Crippen LogP contribution in [0, 0.1) is 12.7 Å². The molecule has 2 aromatic carbocycles. The van der Waals surface area contributed by atoms with Crippen LogP contribution in [0.3, 0.4) is 0 Å². The number of nitrogens with one attached hydrogen (secondary N) is 1. The quantitative estimate of drug-likeness (QED) is 0.895. The molecule has 0 heterocycles. The average molecular weight is 294 g/mol. The molecule has 0 aliphatic heterocycles. The van der Waals surface area contributed by atoms with Crippen molar-refractivity contribution in [3.8, 4) is 5.75 Å². The molecule has 0 spiro atoms. The van der Waals surface area contributed by atoms with Gasteiger partial charge in [0.1, 0.15) is 18.2 Å². The molecule has 20 heavy (non-hydrogen) atoms. The van der Waals surface area contributed by atoms with Gasteiger partial charge in [-0.15, -0.1) is 0 Å². The molecule has 0 amide bonds. The molecule has 0 bridgehead atoms. The lowest BCUT2D eigenvalue weighted by Crippen LogP contribution is -2.23. The Morgan fingerprint density at radius 2 is 1.90 bits per heavy atom. The molecule has 2 nitrogen and oxygen atoms in total. The topological polar surface area (TPSA) is 21.3 Å². The highest BCUT2D eigenvalue weighted by Gasteiger charge is 2.12. The third kappa shape index (κ3) is 3.95. The first kappa shape index (κ1) is 14.8. The van der Waals surface area contributed by atoms with Gasteiger partial charge in [-0.05, 0) is 61.5 Å². The second-order valence-corrected chi connectivity index (χ2v) is 5.10. The van der Waals surface area contributed by atoms with Crippen LogP contribution in [0.25, 0.3) is 0 Å². The molecule has 4 heteroatoms. The SMILES string of the molecule is CNC(COc1ccc(Cl)cc1)c1cc(C)cc(F)c1. The van der Waals surface area contributed by atoms with E-state index in [1.807, 2.05) is 32.2 Å². The van der Waals surface area contributed by atoms with Crippen molar-refractivity contribution in [3.63, 3.8) is 0 Å². The lowest BCUT2D eigenvalue weighted by Gasteiger charge is -2.18. The van der Waals surface area contributed by atoms with Gasteiger partial charge in [-0.25, -0.2) is 4.39 Å². The van der Waals surface area contributed by atoms with Crippen molar-refractivity contribution in [1.82, 2.24) is 5.32 Å². The minimum absolute atomic E-state index is 0.0694. The second-order valence-electron chi connectivity index (χ2n) is 4.67. The molecule has 0 saturated heterocycles. The standard InChI is InChI=1S/C16H17ClFNO/c1-11-7-12(9-14(18)8-11)16(19-2)10-20-15-5-3-13(17)4-6-15/h3-9,16,19H,10H2,1-2H3. The highest BCUT2D eigenvalue weighted by atomic mass is 35.5. The molecule has 2 aromatic rings. The summed E-state index contributed by atoms with van der Waals surface area (Å²) >= 11 is 5.82. The Kier molecular flexibility index (Phi) is 4.99. The van der Waals surface area contributed by atoms with Gasteiger partial charge in [0.05, 0.1) is 6.04 Å². The van der Waals surface area contributed by atoms with E-state index in [0.717, 1.165) is 16.9 Å². The van der Waals surface area contributed by atoms with E-state index < -0.39 is 0 Å². The number of hydrogen-bond donors (Lipinski definition) is 1. The van der Waals surface area contributed by atoms with Gasteiger partial charge in [0.25, 0.3) is 0 Å². The molecule has 2 rings (SSSR count). The number of rotatable bonds is 5. The molecule has 0 radical (unpaired) electrons. The van der Waals surface area contributed by atoms with Crippen LogP contribution in [0.15, 0.2) is 42.5 Å². The van der Waals surface area contributed by atoms with E-state index in [9.17, 15) is 4.39 Å². The molecule has 0 aliphatic rings. The predicted octanol–water partition coefficient (Wildman–Crippen LogP) is 4.13. The van der Waals surface area contributed by atoms with Crippen molar-refractivity contribution >= 4 is 11.6 Å². The Morgan fingerprint density at radius 3 is 2.50 bits per heavy atom. The Bertz CT molecular complexity index is 551. The van der Waals surface area contributed by atoms with E-state index in [2.05, 4.69) is 5.32 Å². The van der Waals surface area contributed by atoms with Gasteiger partial charge in [-0.1, -0.05) is 17.7 Å². The fraction of sp³-hybridized carbons (Fsp3) is 0.250. The van der Waals surface area contributed by atoms with Crippen LogP contribution >= 0.6 is 11.6 Å². The van der Waals surface area contributed by atoms with Crippen LogP contribution in [0.1, 0.15) is 17.2 Å². The summed E-state index contributed by atoms with van der Waals surface area (Å²) in [7, 11) is 1.83. The third-order valence-corrected chi connectivity index (χ3v) is 3.30. The second kappa shape index (κ2) is 6.73. The number of aryl methyl sites for hydroxylation is 1. The minimum atomic E-state index is -0.230. The molecule has 1 N–H and O–H groups in total. The molecular weight excluding hydrogens is 277 g/mol. The van der Waals surface area contributed by atoms with Crippen molar-refractivity contribution in [2.75, 3.05) is 13.7 Å². The first-order valence-corrected chi connectivity index (χ1v) is 6.79. The summed E-state index contributed by atoms with van der Waals surface area (Å²) < 4.78 is 19.2. The van der Waals surface area contributed by atoms with Gasteiger partial charge in [-0.2, -0.15) is 0 Å². The molecule has 0 saturated carbocycles. The largest absolute Gasteiger partial charge is 0.492 e. The maximum absolute atomic E-state index is 13.4. The van der Waals surface area contributed by atoms with Crippen LogP contribution in [-0.4, -0.2) is 13.7 Å². The summed E-state index contributed by atoms with van der Waals surface area (Å²) in [4.78, 5) is 0. The van der Waals surface area contributed by atoms with Crippen LogP contribution in [0.2, 0.25) is 5.02 Å². The lowest BCUT2D eigenvalue weighted by atomic mass is 10.0. The predicted molar refractivity (Wildman–Crippen MR) is 79.9 cm³/mol. The van der Waals surface area contributed by atoms with Gasteiger partial charge < -0.3 is 10.1 Å².